The zero-order valence-corrected chi connectivity index (χ0v) is 16.2. The molecule has 1 aromatic carbocycles. The number of para-hydroxylation sites is 1. The van der Waals surface area contributed by atoms with Gasteiger partial charge in [0.05, 0.1) is 23.5 Å². The van der Waals surface area contributed by atoms with Gasteiger partial charge in [0.25, 0.3) is 5.91 Å². The largest absolute Gasteiger partial charge is 0.455 e. The van der Waals surface area contributed by atoms with Gasteiger partial charge >= 0.3 is 5.97 Å². The van der Waals surface area contributed by atoms with E-state index in [0.717, 1.165) is 22.6 Å². The lowest BCUT2D eigenvalue weighted by atomic mass is 10.1. The second kappa shape index (κ2) is 8.67. The molecule has 0 aliphatic rings. The summed E-state index contributed by atoms with van der Waals surface area (Å²) in [6.45, 7) is 3.33. The molecule has 0 aliphatic heterocycles. The molecule has 0 unspecified atom stereocenters. The van der Waals surface area contributed by atoms with Gasteiger partial charge in [-0.25, -0.2) is 9.67 Å². The molecule has 0 bridgehead atoms. The number of aromatic nitrogens is 3. The highest BCUT2D eigenvalue weighted by Crippen LogP contribution is 2.19. The third-order valence-electron chi connectivity index (χ3n) is 4.16. The number of amides is 1. The molecule has 1 amide bonds. The maximum Gasteiger partial charge on any atom is 0.310 e. The molecule has 8 heteroatoms. The molecule has 3 aromatic rings. The molecule has 1 N–H and O–H groups in total. The average molecular weight is 399 g/mol. The van der Waals surface area contributed by atoms with Crippen LogP contribution in [-0.4, -0.2) is 33.2 Å². The monoisotopic (exact) mass is 398 g/mol. The van der Waals surface area contributed by atoms with Gasteiger partial charge in [-0.1, -0.05) is 29.8 Å². The quantitative estimate of drug-likeness (QED) is 0.508. The minimum absolute atomic E-state index is 0.0332. The molecule has 7 nitrogen and oxygen atoms in total. The molecule has 144 valence electrons. The normalized spacial score (nSPS) is 10.5. The SMILES string of the molecule is Cc1nn(-c2ccccc2)c(C)c1CC(=O)OCC(=O)Nc1cccnc1Cl. The van der Waals surface area contributed by atoms with Crippen molar-refractivity contribution in [3.63, 3.8) is 0 Å². The van der Waals surface area contributed by atoms with Crippen LogP contribution in [0.25, 0.3) is 5.69 Å². The highest BCUT2D eigenvalue weighted by Gasteiger charge is 2.17. The van der Waals surface area contributed by atoms with Crippen LogP contribution in [0.4, 0.5) is 5.69 Å². The third kappa shape index (κ3) is 4.55. The number of pyridine rings is 1. The Morgan fingerprint density at radius 2 is 1.89 bits per heavy atom. The van der Waals surface area contributed by atoms with Crippen LogP contribution in [0.5, 0.6) is 0 Å². The van der Waals surface area contributed by atoms with E-state index in [1.165, 1.54) is 6.20 Å². The summed E-state index contributed by atoms with van der Waals surface area (Å²) >= 11 is 5.88. The highest BCUT2D eigenvalue weighted by atomic mass is 35.5. The number of nitrogens with one attached hydrogen (secondary N) is 1. The number of nitrogens with zero attached hydrogens (tertiary/aromatic N) is 3. The zero-order valence-electron chi connectivity index (χ0n) is 15.5. The lowest BCUT2D eigenvalue weighted by Gasteiger charge is -2.08. The van der Waals surface area contributed by atoms with Crippen molar-refractivity contribution in [1.82, 2.24) is 14.8 Å². The summed E-state index contributed by atoms with van der Waals surface area (Å²) in [4.78, 5) is 28.0. The van der Waals surface area contributed by atoms with Gasteiger partial charge < -0.3 is 10.1 Å². The molecular weight excluding hydrogens is 380 g/mol. The van der Waals surface area contributed by atoms with Gasteiger partial charge in [-0.05, 0) is 38.1 Å². The number of aryl methyl sites for hydroxylation is 1. The van der Waals surface area contributed by atoms with Crippen molar-refractivity contribution in [2.75, 3.05) is 11.9 Å². The van der Waals surface area contributed by atoms with Gasteiger partial charge in [-0.2, -0.15) is 5.10 Å². The standard InChI is InChI=1S/C20H19ClN4O3/c1-13-16(14(2)25(24-13)15-7-4-3-5-8-15)11-19(27)28-12-18(26)23-17-9-6-10-22-20(17)21/h3-10H,11-12H2,1-2H3,(H,23,26). The molecule has 0 aliphatic carbocycles. The molecule has 0 atom stereocenters. The Hall–Kier alpha value is -3.19. The molecular formula is C20H19ClN4O3. The third-order valence-corrected chi connectivity index (χ3v) is 4.46. The molecule has 0 spiro atoms. The summed E-state index contributed by atoms with van der Waals surface area (Å²) in [6, 6.07) is 12.9. The van der Waals surface area contributed by atoms with E-state index in [-0.39, 0.29) is 11.6 Å². The zero-order chi connectivity index (χ0) is 20.1. The van der Waals surface area contributed by atoms with E-state index in [1.807, 2.05) is 44.2 Å². The van der Waals surface area contributed by atoms with E-state index in [0.29, 0.717) is 5.69 Å². The van der Waals surface area contributed by atoms with Crippen LogP contribution >= 0.6 is 11.6 Å². The number of carbonyl (C=O) groups excluding carboxylic acids is 2. The maximum absolute atomic E-state index is 12.2. The van der Waals surface area contributed by atoms with Crippen molar-refractivity contribution in [1.29, 1.82) is 0 Å². The molecule has 0 fully saturated rings. The number of benzene rings is 1. The van der Waals surface area contributed by atoms with Gasteiger partial charge in [-0.15, -0.1) is 0 Å². The van der Waals surface area contributed by atoms with Gasteiger partial charge in [0, 0.05) is 17.5 Å². The fourth-order valence-electron chi connectivity index (χ4n) is 2.76. The van der Waals surface area contributed by atoms with E-state index < -0.39 is 18.5 Å². The second-order valence-electron chi connectivity index (χ2n) is 6.12. The number of ether oxygens (including phenoxy) is 1. The van der Waals surface area contributed by atoms with Gasteiger partial charge in [-0.3, -0.25) is 9.59 Å². The van der Waals surface area contributed by atoms with Crippen molar-refractivity contribution in [2.45, 2.75) is 20.3 Å². The van der Waals surface area contributed by atoms with Crippen molar-refractivity contribution < 1.29 is 14.3 Å². The predicted octanol–water partition coefficient (Wildman–Crippen LogP) is 3.26. The van der Waals surface area contributed by atoms with Gasteiger partial charge in [0.15, 0.2) is 11.8 Å². The molecule has 2 heterocycles. The Labute approximate surface area is 167 Å². The second-order valence-corrected chi connectivity index (χ2v) is 6.48. The average Bonchev–Trinajstić information content (AvgIpc) is 2.97. The fourth-order valence-corrected chi connectivity index (χ4v) is 2.92. The molecule has 0 saturated carbocycles. The Balaban J connectivity index is 1.60. The Bertz CT molecular complexity index is 1000. The number of esters is 1. The van der Waals surface area contributed by atoms with Crippen LogP contribution in [0.2, 0.25) is 5.15 Å². The minimum Gasteiger partial charge on any atom is -0.455 e. The summed E-state index contributed by atoms with van der Waals surface area (Å²) in [6.07, 6.45) is 1.55. The van der Waals surface area contributed by atoms with Crippen molar-refractivity contribution in [2.24, 2.45) is 0 Å². The van der Waals surface area contributed by atoms with Crippen molar-refractivity contribution in [3.05, 3.63) is 70.8 Å². The van der Waals surface area contributed by atoms with E-state index >= 15 is 0 Å². The molecule has 3 rings (SSSR count). The Morgan fingerprint density at radius 3 is 2.61 bits per heavy atom. The van der Waals surface area contributed by atoms with E-state index in [4.69, 9.17) is 16.3 Å². The Morgan fingerprint density at radius 1 is 1.14 bits per heavy atom. The predicted molar refractivity (Wildman–Crippen MR) is 106 cm³/mol. The minimum atomic E-state index is -0.508. The number of hydrogen-bond donors (Lipinski definition) is 1. The van der Waals surface area contributed by atoms with Gasteiger partial charge in [0.1, 0.15) is 0 Å². The van der Waals surface area contributed by atoms with Crippen LogP contribution in [0.15, 0.2) is 48.7 Å². The molecule has 0 radical (unpaired) electrons. The van der Waals surface area contributed by atoms with Crippen molar-refractivity contribution >= 4 is 29.2 Å². The first-order chi connectivity index (χ1) is 13.5. The topological polar surface area (TPSA) is 86.1 Å². The summed E-state index contributed by atoms with van der Waals surface area (Å²) in [5.41, 5.74) is 3.65. The smallest absolute Gasteiger partial charge is 0.310 e. The lowest BCUT2D eigenvalue weighted by molar-refractivity contribution is -0.146. The first-order valence-electron chi connectivity index (χ1n) is 8.62. The van der Waals surface area contributed by atoms with Crippen LogP contribution in [-0.2, 0) is 20.7 Å². The summed E-state index contributed by atoms with van der Waals surface area (Å²) < 4.78 is 6.88. The first-order valence-corrected chi connectivity index (χ1v) is 9.00. The summed E-state index contributed by atoms with van der Waals surface area (Å²) in [7, 11) is 0. The number of hydrogen-bond acceptors (Lipinski definition) is 5. The van der Waals surface area contributed by atoms with Crippen LogP contribution < -0.4 is 5.32 Å². The molecule has 0 saturated heterocycles. The van der Waals surface area contributed by atoms with E-state index in [2.05, 4.69) is 15.4 Å². The first kappa shape index (κ1) is 19.6. The lowest BCUT2D eigenvalue weighted by Crippen LogP contribution is -2.22. The summed E-state index contributed by atoms with van der Waals surface area (Å²) in [5, 5.41) is 7.22. The number of carbonyl (C=O) groups is 2. The molecule has 2 aromatic heterocycles. The van der Waals surface area contributed by atoms with Crippen LogP contribution in [0.3, 0.4) is 0 Å². The number of anilines is 1. The highest BCUT2D eigenvalue weighted by molar-refractivity contribution is 6.32. The van der Waals surface area contributed by atoms with E-state index in [9.17, 15) is 9.59 Å². The molecule has 28 heavy (non-hydrogen) atoms. The van der Waals surface area contributed by atoms with Crippen LogP contribution in [0.1, 0.15) is 17.0 Å². The maximum atomic E-state index is 12.2. The number of rotatable bonds is 6. The van der Waals surface area contributed by atoms with Gasteiger partial charge in [0.2, 0.25) is 0 Å². The Kier molecular flexibility index (Phi) is 6.06. The fraction of sp³-hybridized carbons (Fsp3) is 0.200. The van der Waals surface area contributed by atoms with Crippen molar-refractivity contribution in [3.8, 4) is 5.69 Å². The van der Waals surface area contributed by atoms with Crippen LogP contribution in [0, 0.1) is 13.8 Å². The van der Waals surface area contributed by atoms with E-state index in [1.54, 1.807) is 16.8 Å². The number of halogens is 1. The summed E-state index contributed by atoms with van der Waals surface area (Å²) in [5.74, 6) is -0.997.